The number of carbonyl (C=O) groups is 2. The number of nitrogens with one attached hydrogen (secondary N) is 1. The summed E-state index contributed by atoms with van der Waals surface area (Å²) in [5, 5.41) is 17.3. The van der Waals surface area contributed by atoms with Crippen molar-refractivity contribution in [2.45, 2.75) is 32.4 Å². The molecule has 0 saturated carbocycles. The first-order chi connectivity index (χ1) is 16.4. The number of aromatic nitrogens is 4. The number of benzene rings is 1. The van der Waals surface area contributed by atoms with E-state index >= 15 is 0 Å². The smallest absolute Gasteiger partial charge is 0.340 e. The molecule has 0 spiro atoms. The first-order valence-corrected chi connectivity index (χ1v) is 10.7. The van der Waals surface area contributed by atoms with E-state index in [0.717, 1.165) is 16.6 Å². The molecule has 0 fully saturated rings. The van der Waals surface area contributed by atoms with Gasteiger partial charge in [-0.1, -0.05) is 6.92 Å². The van der Waals surface area contributed by atoms with Crippen LogP contribution in [0.2, 0.25) is 0 Å². The Balaban J connectivity index is 1.45. The van der Waals surface area contributed by atoms with Crippen molar-refractivity contribution in [2.75, 3.05) is 5.32 Å². The summed E-state index contributed by atoms with van der Waals surface area (Å²) in [5.74, 6) is -1.33. The standard InChI is InChI=1S/C24H23N5O5/c1-3-15(2)33-24(32)22(23(30)31)28-17-6-9-21(26-13-17)34-19-7-8-20-16(11-19)12-27-29(20)18-5-4-10-25-14-18/h4-15,22,28H,3H2,1-2H3,(H,30,31). The van der Waals surface area contributed by atoms with Gasteiger partial charge in [0, 0.05) is 17.6 Å². The number of ether oxygens (including phenoxy) is 2. The van der Waals surface area contributed by atoms with Crippen molar-refractivity contribution in [3.63, 3.8) is 0 Å². The lowest BCUT2D eigenvalue weighted by atomic mass is 10.2. The minimum absolute atomic E-state index is 0.304. The van der Waals surface area contributed by atoms with Gasteiger partial charge in [0.2, 0.25) is 11.9 Å². The molecule has 0 aliphatic carbocycles. The number of pyridine rings is 2. The molecule has 2 unspecified atom stereocenters. The van der Waals surface area contributed by atoms with Crippen molar-refractivity contribution in [1.29, 1.82) is 0 Å². The van der Waals surface area contributed by atoms with Gasteiger partial charge in [0.05, 0.1) is 41.6 Å². The van der Waals surface area contributed by atoms with E-state index < -0.39 is 18.0 Å². The van der Waals surface area contributed by atoms with Gasteiger partial charge in [0.25, 0.3) is 0 Å². The highest BCUT2D eigenvalue weighted by Gasteiger charge is 2.29. The third-order valence-electron chi connectivity index (χ3n) is 5.07. The van der Waals surface area contributed by atoms with Gasteiger partial charge < -0.3 is 19.9 Å². The fourth-order valence-corrected chi connectivity index (χ4v) is 3.14. The molecular formula is C24H23N5O5. The van der Waals surface area contributed by atoms with Gasteiger partial charge in [-0.3, -0.25) is 4.98 Å². The fourth-order valence-electron chi connectivity index (χ4n) is 3.14. The van der Waals surface area contributed by atoms with Gasteiger partial charge in [-0.05, 0) is 49.7 Å². The SMILES string of the molecule is CCC(C)OC(=O)C(Nc1ccc(Oc2ccc3c(cnn3-c3cccnc3)c2)nc1)C(=O)O. The van der Waals surface area contributed by atoms with Gasteiger partial charge in [-0.25, -0.2) is 19.3 Å². The largest absolute Gasteiger partial charge is 0.479 e. The van der Waals surface area contributed by atoms with Gasteiger partial charge >= 0.3 is 11.9 Å². The molecule has 4 rings (SSSR count). The number of anilines is 1. The molecule has 0 amide bonds. The second kappa shape index (κ2) is 9.99. The van der Waals surface area contributed by atoms with Gasteiger partial charge in [0.1, 0.15) is 5.75 Å². The van der Waals surface area contributed by atoms with Crippen molar-refractivity contribution in [1.82, 2.24) is 19.7 Å². The summed E-state index contributed by atoms with van der Waals surface area (Å²) < 4.78 is 12.7. The average molecular weight is 461 g/mol. The second-order valence-corrected chi connectivity index (χ2v) is 7.55. The van der Waals surface area contributed by atoms with E-state index in [-0.39, 0.29) is 6.10 Å². The summed E-state index contributed by atoms with van der Waals surface area (Å²) >= 11 is 0. The maximum Gasteiger partial charge on any atom is 0.340 e. The van der Waals surface area contributed by atoms with Crippen molar-refractivity contribution < 1.29 is 24.2 Å². The van der Waals surface area contributed by atoms with Crippen LogP contribution < -0.4 is 10.1 Å². The predicted octanol–water partition coefficient (Wildman–Crippen LogP) is 3.81. The molecule has 0 aliphatic rings. The van der Waals surface area contributed by atoms with Crippen LogP contribution in [0, 0.1) is 0 Å². The number of aliphatic carboxylic acids is 1. The maximum atomic E-state index is 12.1. The normalized spacial score (nSPS) is 12.6. The average Bonchev–Trinajstić information content (AvgIpc) is 3.27. The minimum Gasteiger partial charge on any atom is -0.479 e. The highest BCUT2D eigenvalue weighted by atomic mass is 16.5. The molecule has 0 bridgehead atoms. The lowest BCUT2D eigenvalue weighted by Crippen LogP contribution is -2.40. The molecule has 34 heavy (non-hydrogen) atoms. The van der Waals surface area contributed by atoms with Crippen molar-refractivity contribution in [3.8, 4) is 17.3 Å². The molecule has 10 nitrogen and oxygen atoms in total. The highest BCUT2D eigenvalue weighted by Crippen LogP contribution is 2.26. The Labute approximate surface area is 195 Å². The van der Waals surface area contributed by atoms with E-state index in [1.807, 2.05) is 31.2 Å². The zero-order valence-corrected chi connectivity index (χ0v) is 18.6. The fraction of sp³-hybridized carbons (Fsp3) is 0.208. The number of carboxylic acids is 1. The number of hydrogen-bond donors (Lipinski definition) is 2. The van der Waals surface area contributed by atoms with Crippen molar-refractivity contribution in [3.05, 3.63) is 67.3 Å². The van der Waals surface area contributed by atoms with Crippen LogP contribution in [-0.4, -0.2) is 48.9 Å². The summed E-state index contributed by atoms with van der Waals surface area (Å²) in [6, 6.07) is 10.9. The third kappa shape index (κ3) is 5.12. The first-order valence-electron chi connectivity index (χ1n) is 10.7. The molecule has 4 aromatic rings. The molecule has 0 saturated heterocycles. The van der Waals surface area contributed by atoms with Crippen LogP contribution >= 0.6 is 0 Å². The van der Waals surface area contributed by atoms with Crippen LogP contribution in [0.3, 0.4) is 0 Å². The van der Waals surface area contributed by atoms with Crippen LogP contribution in [0.25, 0.3) is 16.6 Å². The van der Waals surface area contributed by atoms with Gasteiger partial charge in [0.15, 0.2) is 0 Å². The summed E-state index contributed by atoms with van der Waals surface area (Å²) in [4.78, 5) is 32.0. The third-order valence-corrected chi connectivity index (χ3v) is 5.07. The van der Waals surface area contributed by atoms with E-state index in [0.29, 0.717) is 23.7 Å². The summed E-state index contributed by atoms with van der Waals surface area (Å²) in [5.41, 5.74) is 2.09. The monoisotopic (exact) mass is 461 g/mol. The molecular weight excluding hydrogens is 438 g/mol. The van der Waals surface area contributed by atoms with Crippen LogP contribution in [-0.2, 0) is 14.3 Å². The number of carbonyl (C=O) groups excluding carboxylic acids is 1. The molecule has 2 N–H and O–H groups in total. The van der Waals surface area contributed by atoms with Crippen LogP contribution in [0.15, 0.2) is 67.3 Å². The Kier molecular flexibility index (Phi) is 6.67. The Morgan fingerprint density at radius 3 is 2.68 bits per heavy atom. The van der Waals surface area contributed by atoms with Crippen LogP contribution in [0.5, 0.6) is 11.6 Å². The zero-order chi connectivity index (χ0) is 24.1. The van der Waals surface area contributed by atoms with E-state index in [1.54, 1.807) is 48.4 Å². The zero-order valence-electron chi connectivity index (χ0n) is 18.6. The number of nitrogens with zero attached hydrogens (tertiary/aromatic N) is 4. The first kappa shape index (κ1) is 22.7. The Morgan fingerprint density at radius 1 is 1.15 bits per heavy atom. The van der Waals surface area contributed by atoms with E-state index in [9.17, 15) is 14.7 Å². The molecule has 10 heteroatoms. The maximum absolute atomic E-state index is 12.1. The minimum atomic E-state index is -1.54. The topological polar surface area (TPSA) is 128 Å². The van der Waals surface area contributed by atoms with Crippen molar-refractivity contribution in [2.24, 2.45) is 0 Å². The Bertz CT molecular complexity index is 1290. The number of esters is 1. The van der Waals surface area contributed by atoms with Gasteiger partial charge in [-0.2, -0.15) is 5.10 Å². The van der Waals surface area contributed by atoms with E-state index in [4.69, 9.17) is 9.47 Å². The van der Waals surface area contributed by atoms with E-state index in [2.05, 4.69) is 20.4 Å². The molecule has 0 radical (unpaired) electrons. The molecule has 3 aromatic heterocycles. The lowest BCUT2D eigenvalue weighted by Gasteiger charge is -2.17. The van der Waals surface area contributed by atoms with Crippen molar-refractivity contribution >= 4 is 28.5 Å². The number of hydrogen-bond acceptors (Lipinski definition) is 8. The molecule has 1 aromatic carbocycles. The summed E-state index contributed by atoms with van der Waals surface area (Å²) in [6.07, 6.45) is 6.77. The Morgan fingerprint density at radius 2 is 2.00 bits per heavy atom. The second-order valence-electron chi connectivity index (χ2n) is 7.55. The quantitative estimate of drug-likeness (QED) is 0.282. The predicted molar refractivity (Wildman–Crippen MR) is 124 cm³/mol. The van der Waals surface area contributed by atoms with Gasteiger partial charge in [-0.15, -0.1) is 0 Å². The lowest BCUT2D eigenvalue weighted by molar-refractivity contribution is -0.156. The molecule has 2 atom stereocenters. The Hall–Kier alpha value is -4.47. The molecule has 3 heterocycles. The number of carboxylic acid groups (broad SMARTS) is 1. The summed E-state index contributed by atoms with van der Waals surface area (Å²) in [6.45, 7) is 3.54. The molecule has 174 valence electrons. The summed E-state index contributed by atoms with van der Waals surface area (Å²) in [7, 11) is 0. The van der Waals surface area contributed by atoms with Crippen LogP contribution in [0.1, 0.15) is 20.3 Å². The van der Waals surface area contributed by atoms with Crippen LogP contribution in [0.4, 0.5) is 5.69 Å². The number of fused-ring (bicyclic) bond motifs is 1. The van der Waals surface area contributed by atoms with E-state index in [1.165, 1.54) is 6.20 Å². The molecule has 0 aliphatic heterocycles. The number of rotatable bonds is 9. The highest BCUT2D eigenvalue weighted by molar-refractivity contribution is 6.01.